The summed E-state index contributed by atoms with van der Waals surface area (Å²) >= 11 is 0. The molecular formula is C18H23NO3. The van der Waals surface area contributed by atoms with Crippen LogP contribution in [-0.4, -0.2) is 41.7 Å². The van der Waals surface area contributed by atoms with Crippen LogP contribution in [0.15, 0.2) is 42.5 Å². The van der Waals surface area contributed by atoms with Crippen LogP contribution < -0.4 is 0 Å². The Morgan fingerprint density at radius 3 is 2.55 bits per heavy atom. The third-order valence-corrected chi connectivity index (χ3v) is 4.79. The lowest BCUT2D eigenvalue weighted by atomic mass is 9.85. The second-order valence-corrected chi connectivity index (χ2v) is 6.21. The molecule has 3 saturated heterocycles. The molecule has 22 heavy (non-hydrogen) atoms. The molecule has 2 unspecified atom stereocenters. The molecule has 1 aromatic carbocycles. The fourth-order valence-corrected chi connectivity index (χ4v) is 3.49. The van der Waals surface area contributed by atoms with Gasteiger partial charge in [-0.05, 0) is 50.4 Å². The summed E-state index contributed by atoms with van der Waals surface area (Å²) in [5, 5.41) is 10.9. The van der Waals surface area contributed by atoms with Crippen LogP contribution in [0.1, 0.15) is 25.3 Å². The smallest absolute Gasteiger partial charge is 0.347 e. The van der Waals surface area contributed by atoms with Gasteiger partial charge in [0.2, 0.25) is 5.60 Å². The molecule has 0 aliphatic carbocycles. The van der Waals surface area contributed by atoms with E-state index >= 15 is 0 Å². The van der Waals surface area contributed by atoms with Crippen LogP contribution in [0.3, 0.4) is 0 Å². The van der Waals surface area contributed by atoms with Gasteiger partial charge >= 0.3 is 5.97 Å². The molecule has 0 aromatic heterocycles. The molecule has 1 aromatic rings. The van der Waals surface area contributed by atoms with Crippen LogP contribution in [0.25, 0.3) is 0 Å². The van der Waals surface area contributed by atoms with Crippen LogP contribution >= 0.6 is 0 Å². The van der Waals surface area contributed by atoms with Crippen molar-refractivity contribution < 1.29 is 14.6 Å². The van der Waals surface area contributed by atoms with Crippen LogP contribution in [0.2, 0.25) is 0 Å². The van der Waals surface area contributed by atoms with E-state index in [1.807, 2.05) is 18.2 Å². The van der Waals surface area contributed by atoms with Crippen molar-refractivity contribution >= 4 is 5.97 Å². The third kappa shape index (κ3) is 2.81. The highest BCUT2D eigenvalue weighted by Crippen LogP contribution is 2.32. The van der Waals surface area contributed by atoms with Gasteiger partial charge in [-0.1, -0.05) is 36.4 Å². The molecule has 3 aliphatic rings. The van der Waals surface area contributed by atoms with Crippen molar-refractivity contribution in [3.63, 3.8) is 0 Å². The monoisotopic (exact) mass is 301 g/mol. The Labute approximate surface area is 131 Å². The number of nitrogens with zero attached hydrogens (tertiary/aromatic N) is 1. The molecule has 1 N–H and O–H groups in total. The standard InChI is InChI=1S/C18H23NO3/c1-2-10-18(21,15-6-4-3-5-7-15)17(20)22-16-13-19-11-8-14(16)9-12-19/h2-7,10,14,16,21H,8-9,11-13H2,1H3/b10-2+. The molecule has 3 heterocycles. The number of esters is 1. The van der Waals surface area contributed by atoms with E-state index in [1.165, 1.54) is 6.08 Å². The van der Waals surface area contributed by atoms with E-state index in [1.54, 1.807) is 25.1 Å². The van der Waals surface area contributed by atoms with Gasteiger partial charge in [-0.15, -0.1) is 0 Å². The minimum atomic E-state index is -1.71. The van der Waals surface area contributed by atoms with Crippen LogP contribution in [0, 0.1) is 5.92 Å². The fourth-order valence-electron chi connectivity index (χ4n) is 3.49. The second-order valence-electron chi connectivity index (χ2n) is 6.21. The summed E-state index contributed by atoms with van der Waals surface area (Å²) in [5.74, 6) is -0.143. The summed E-state index contributed by atoms with van der Waals surface area (Å²) in [6, 6.07) is 8.98. The molecule has 2 bridgehead atoms. The Kier molecular flexibility index (Phi) is 4.32. The SMILES string of the molecule is C/C=C/C(O)(C(=O)OC1CN2CCC1CC2)c1ccccc1. The Bertz CT molecular complexity index is 549. The quantitative estimate of drug-likeness (QED) is 0.683. The summed E-state index contributed by atoms with van der Waals surface area (Å²) in [6.07, 6.45) is 5.24. The van der Waals surface area contributed by atoms with Gasteiger partial charge in [-0.2, -0.15) is 0 Å². The molecule has 3 fully saturated rings. The first-order valence-electron chi connectivity index (χ1n) is 7.98. The maximum Gasteiger partial charge on any atom is 0.347 e. The highest BCUT2D eigenvalue weighted by Gasteiger charge is 2.42. The average molecular weight is 301 g/mol. The number of rotatable bonds is 4. The molecule has 0 radical (unpaired) electrons. The van der Waals surface area contributed by atoms with Crippen molar-refractivity contribution in [2.75, 3.05) is 19.6 Å². The first-order chi connectivity index (χ1) is 10.6. The first kappa shape index (κ1) is 15.3. The predicted octanol–water partition coefficient (Wildman–Crippen LogP) is 2.09. The number of ether oxygens (including phenoxy) is 1. The van der Waals surface area contributed by atoms with Gasteiger partial charge < -0.3 is 9.84 Å². The molecule has 4 nitrogen and oxygen atoms in total. The predicted molar refractivity (Wildman–Crippen MR) is 84.2 cm³/mol. The second kappa shape index (κ2) is 6.23. The lowest BCUT2D eigenvalue weighted by Crippen LogP contribution is -2.53. The summed E-state index contributed by atoms with van der Waals surface area (Å²) < 4.78 is 5.72. The third-order valence-electron chi connectivity index (χ3n) is 4.79. The average Bonchev–Trinajstić information content (AvgIpc) is 2.57. The number of carbonyl (C=O) groups excluding carboxylic acids is 1. The van der Waals surface area contributed by atoms with Crippen molar-refractivity contribution in [1.82, 2.24) is 4.90 Å². The molecule has 4 heteroatoms. The summed E-state index contributed by atoms with van der Waals surface area (Å²) in [5.41, 5.74) is -1.17. The van der Waals surface area contributed by atoms with Crippen LogP contribution in [0.5, 0.6) is 0 Å². The number of aliphatic hydroxyl groups is 1. The van der Waals surface area contributed by atoms with Gasteiger partial charge in [-0.25, -0.2) is 4.79 Å². The Morgan fingerprint density at radius 1 is 1.32 bits per heavy atom. The van der Waals surface area contributed by atoms with Gasteiger partial charge in [0.1, 0.15) is 6.10 Å². The number of fused-ring (bicyclic) bond motifs is 3. The normalized spacial score (nSPS) is 30.2. The van der Waals surface area contributed by atoms with E-state index in [0.717, 1.165) is 32.5 Å². The van der Waals surface area contributed by atoms with E-state index in [2.05, 4.69) is 4.90 Å². The molecule has 0 amide bonds. The van der Waals surface area contributed by atoms with E-state index in [4.69, 9.17) is 4.74 Å². The van der Waals surface area contributed by atoms with Gasteiger partial charge in [0, 0.05) is 6.54 Å². The van der Waals surface area contributed by atoms with Gasteiger partial charge in [0.05, 0.1) is 0 Å². The largest absolute Gasteiger partial charge is 0.458 e. The van der Waals surface area contributed by atoms with Gasteiger partial charge in [-0.3, -0.25) is 4.90 Å². The van der Waals surface area contributed by atoms with Crippen molar-refractivity contribution in [2.45, 2.75) is 31.5 Å². The van der Waals surface area contributed by atoms with E-state index in [0.29, 0.717) is 11.5 Å². The number of hydrogen-bond acceptors (Lipinski definition) is 4. The molecule has 0 saturated carbocycles. The summed E-state index contributed by atoms with van der Waals surface area (Å²) in [7, 11) is 0. The minimum Gasteiger partial charge on any atom is -0.458 e. The highest BCUT2D eigenvalue weighted by molar-refractivity contribution is 5.83. The molecule has 2 atom stereocenters. The number of piperidine rings is 3. The minimum absolute atomic E-state index is 0.101. The number of allylic oxidation sites excluding steroid dienone is 1. The topological polar surface area (TPSA) is 49.8 Å². The van der Waals surface area contributed by atoms with E-state index in [-0.39, 0.29) is 6.10 Å². The van der Waals surface area contributed by atoms with Crippen molar-refractivity contribution in [1.29, 1.82) is 0 Å². The molecule has 4 rings (SSSR count). The van der Waals surface area contributed by atoms with Gasteiger partial charge in [0.15, 0.2) is 0 Å². The maximum atomic E-state index is 12.7. The summed E-state index contributed by atoms with van der Waals surface area (Å²) in [4.78, 5) is 15.0. The number of carbonyl (C=O) groups is 1. The lowest BCUT2D eigenvalue weighted by molar-refractivity contribution is -0.176. The number of benzene rings is 1. The summed E-state index contributed by atoms with van der Waals surface area (Å²) in [6.45, 7) is 4.76. The maximum absolute atomic E-state index is 12.7. The Balaban J connectivity index is 1.79. The molecule has 118 valence electrons. The molecule has 3 aliphatic heterocycles. The molecular weight excluding hydrogens is 278 g/mol. The van der Waals surface area contributed by atoms with Crippen LogP contribution in [-0.2, 0) is 15.1 Å². The first-order valence-corrected chi connectivity index (χ1v) is 7.98. The Hall–Kier alpha value is -1.65. The zero-order valence-electron chi connectivity index (χ0n) is 12.9. The zero-order valence-corrected chi connectivity index (χ0v) is 12.9. The Morgan fingerprint density at radius 2 is 2.00 bits per heavy atom. The highest BCUT2D eigenvalue weighted by atomic mass is 16.6. The fraction of sp³-hybridized carbons (Fsp3) is 0.500. The lowest BCUT2D eigenvalue weighted by Gasteiger charge is -2.44. The van der Waals surface area contributed by atoms with E-state index in [9.17, 15) is 9.90 Å². The van der Waals surface area contributed by atoms with Crippen molar-refractivity contribution in [3.8, 4) is 0 Å². The van der Waals surface area contributed by atoms with Crippen molar-refractivity contribution in [3.05, 3.63) is 48.0 Å². The molecule has 0 spiro atoms. The van der Waals surface area contributed by atoms with Gasteiger partial charge in [0.25, 0.3) is 0 Å². The van der Waals surface area contributed by atoms with Crippen LogP contribution in [0.4, 0.5) is 0 Å². The number of hydrogen-bond donors (Lipinski definition) is 1. The van der Waals surface area contributed by atoms with Crippen molar-refractivity contribution in [2.24, 2.45) is 5.92 Å². The zero-order chi connectivity index (χ0) is 15.6. The van der Waals surface area contributed by atoms with E-state index < -0.39 is 11.6 Å².